The van der Waals surface area contributed by atoms with Crippen molar-refractivity contribution in [1.29, 1.82) is 0 Å². The molecule has 26 heavy (non-hydrogen) atoms. The van der Waals surface area contributed by atoms with Gasteiger partial charge in [0.2, 0.25) is 15.9 Å². The molecule has 3 rings (SSSR count). The SMILES string of the molecule is CCC(NC(=O)C1CCN(S(C)(=O)=O)CC1)c1ccc2c(c1)CCCC2. The molecule has 1 saturated heterocycles. The van der Waals surface area contributed by atoms with Crippen LogP contribution in [0.4, 0.5) is 0 Å². The first-order valence-corrected chi connectivity index (χ1v) is 11.6. The van der Waals surface area contributed by atoms with E-state index >= 15 is 0 Å². The predicted octanol–water partition coefficient (Wildman–Crippen LogP) is 2.80. The lowest BCUT2D eigenvalue weighted by Crippen LogP contribution is -2.43. The van der Waals surface area contributed by atoms with Crippen LogP contribution in [0.25, 0.3) is 0 Å². The Labute approximate surface area is 157 Å². The number of aryl methyl sites for hydroxylation is 2. The second kappa shape index (κ2) is 8.09. The molecule has 1 aromatic carbocycles. The van der Waals surface area contributed by atoms with Crippen molar-refractivity contribution in [1.82, 2.24) is 9.62 Å². The monoisotopic (exact) mass is 378 g/mol. The van der Waals surface area contributed by atoms with Crippen molar-refractivity contribution in [3.8, 4) is 0 Å². The molecule has 1 fully saturated rings. The van der Waals surface area contributed by atoms with Crippen LogP contribution >= 0.6 is 0 Å². The smallest absolute Gasteiger partial charge is 0.223 e. The molecular weight excluding hydrogens is 348 g/mol. The van der Waals surface area contributed by atoms with Gasteiger partial charge in [0.1, 0.15) is 0 Å². The number of piperidine rings is 1. The summed E-state index contributed by atoms with van der Waals surface area (Å²) in [6.07, 6.45) is 8.10. The highest BCUT2D eigenvalue weighted by atomic mass is 32.2. The molecule has 0 bridgehead atoms. The molecule has 1 unspecified atom stereocenters. The largest absolute Gasteiger partial charge is 0.349 e. The number of benzene rings is 1. The van der Waals surface area contributed by atoms with Crippen molar-refractivity contribution in [2.45, 2.75) is 57.9 Å². The third kappa shape index (κ3) is 4.46. The minimum atomic E-state index is -3.15. The van der Waals surface area contributed by atoms with Crippen LogP contribution in [0.5, 0.6) is 0 Å². The average Bonchev–Trinajstić information content (AvgIpc) is 2.65. The number of sulfonamides is 1. The molecule has 1 heterocycles. The van der Waals surface area contributed by atoms with Crippen LogP contribution in [0.15, 0.2) is 18.2 Å². The average molecular weight is 379 g/mol. The molecule has 1 aliphatic heterocycles. The minimum absolute atomic E-state index is 0.0302. The Bertz CT molecular complexity index is 752. The lowest BCUT2D eigenvalue weighted by molar-refractivity contribution is -0.126. The van der Waals surface area contributed by atoms with E-state index in [9.17, 15) is 13.2 Å². The van der Waals surface area contributed by atoms with Crippen LogP contribution < -0.4 is 5.32 Å². The lowest BCUT2D eigenvalue weighted by Gasteiger charge is -2.30. The van der Waals surface area contributed by atoms with Gasteiger partial charge >= 0.3 is 0 Å². The molecule has 0 aromatic heterocycles. The zero-order valence-electron chi connectivity index (χ0n) is 15.8. The molecule has 5 nitrogen and oxygen atoms in total. The van der Waals surface area contributed by atoms with Gasteiger partial charge < -0.3 is 5.32 Å². The van der Waals surface area contributed by atoms with E-state index < -0.39 is 10.0 Å². The van der Waals surface area contributed by atoms with Gasteiger partial charge in [-0.2, -0.15) is 0 Å². The highest BCUT2D eigenvalue weighted by Gasteiger charge is 2.30. The van der Waals surface area contributed by atoms with Gasteiger partial charge in [-0.05, 0) is 61.6 Å². The van der Waals surface area contributed by atoms with Crippen molar-refractivity contribution in [3.63, 3.8) is 0 Å². The fourth-order valence-electron chi connectivity index (χ4n) is 4.13. The van der Waals surface area contributed by atoms with Crippen molar-refractivity contribution in [2.24, 2.45) is 5.92 Å². The molecule has 1 amide bonds. The fraction of sp³-hybridized carbons (Fsp3) is 0.650. The van der Waals surface area contributed by atoms with Gasteiger partial charge in [-0.25, -0.2) is 12.7 Å². The van der Waals surface area contributed by atoms with Gasteiger partial charge in [-0.1, -0.05) is 25.1 Å². The number of carbonyl (C=O) groups is 1. The number of amides is 1. The summed E-state index contributed by atoms with van der Waals surface area (Å²) in [5.41, 5.74) is 4.08. The van der Waals surface area contributed by atoms with Gasteiger partial charge in [0.15, 0.2) is 0 Å². The van der Waals surface area contributed by atoms with Gasteiger partial charge in [-0.15, -0.1) is 0 Å². The van der Waals surface area contributed by atoms with Crippen LogP contribution in [-0.4, -0.2) is 38.0 Å². The van der Waals surface area contributed by atoms with Crippen molar-refractivity contribution in [2.75, 3.05) is 19.3 Å². The first-order valence-electron chi connectivity index (χ1n) is 9.75. The van der Waals surface area contributed by atoms with E-state index in [2.05, 4.69) is 30.4 Å². The molecule has 2 aliphatic rings. The zero-order chi connectivity index (χ0) is 18.7. The first-order chi connectivity index (χ1) is 12.4. The summed E-state index contributed by atoms with van der Waals surface area (Å²) >= 11 is 0. The summed E-state index contributed by atoms with van der Waals surface area (Å²) in [6.45, 7) is 2.97. The highest BCUT2D eigenvalue weighted by Crippen LogP contribution is 2.27. The lowest BCUT2D eigenvalue weighted by atomic mass is 9.88. The van der Waals surface area contributed by atoms with E-state index in [4.69, 9.17) is 0 Å². The maximum atomic E-state index is 12.7. The second-order valence-electron chi connectivity index (χ2n) is 7.64. The molecule has 0 spiro atoms. The topological polar surface area (TPSA) is 66.5 Å². The summed E-state index contributed by atoms with van der Waals surface area (Å²) < 4.78 is 24.7. The number of nitrogens with one attached hydrogen (secondary N) is 1. The fourth-order valence-corrected chi connectivity index (χ4v) is 5.00. The Balaban J connectivity index is 1.62. The molecular formula is C20H30N2O3S. The third-order valence-corrected chi connectivity index (χ3v) is 7.10. The molecule has 1 atom stereocenters. The zero-order valence-corrected chi connectivity index (χ0v) is 16.6. The molecule has 1 aromatic rings. The van der Waals surface area contributed by atoms with Crippen LogP contribution in [0.2, 0.25) is 0 Å². The predicted molar refractivity (Wildman–Crippen MR) is 103 cm³/mol. The van der Waals surface area contributed by atoms with Crippen LogP contribution in [0.3, 0.4) is 0 Å². The number of fused-ring (bicyclic) bond motifs is 1. The van der Waals surface area contributed by atoms with Gasteiger partial charge in [-0.3, -0.25) is 4.79 Å². The molecule has 6 heteroatoms. The van der Waals surface area contributed by atoms with E-state index in [1.807, 2.05) is 0 Å². The van der Waals surface area contributed by atoms with Crippen molar-refractivity contribution < 1.29 is 13.2 Å². The number of hydrogen-bond acceptors (Lipinski definition) is 3. The maximum absolute atomic E-state index is 12.7. The van der Waals surface area contributed by atoms with Crippen molar-refractivity contribution in [3.05, 3.63) is 34.9 Å². The molecule has 144 valence electrons. The number of nitrogens with zero attached hydrogens (tertiary/aromatic N) is 1. The van der Waals surface area contributed by atoms with E-state index in [-0.39, 0.29) is 17.9 Å². The Morgan fingerprint density at radius 1 is 1.19 bits per heavy atom. The third-order valence-electron chi connectivity index (χ3n) is 5.79. The summed E-state index contributed by atoms with van der Waals surface area (Å²) in [4.78, 5) is 12.7. The van der Waals surface area contributed by atoms with E-state index in [0.29, 0.717) is 25.9 Å². The Morgan fingerprint density at radius 2 is 1.85 bits per heavy atom. The molecule has 0 radical (unpaired) electrons. The van der Waals surface area contributed by atoms with Gasteiger partial charge in [0.05, 0.1) is 12.3 Å². The normalized spacial score (nSPS) is 20.4. The summed E-state index contributed by atoms with van der Waals surface area (Å²) in [6, 6.07) is 6.69. The second-order valence-corrected chi connectivity index (χ2v) is 9.62. The van der Waals surface area contributed by atoms with Crippen LogP contribution in [0.1, 0.15) is 61.8 Å². The van der Waals surface area contributed by atoms with Gasteiger partial charge in [0.25, 0.3) is 0 Å². The standard InChI is InChI=1S/C20H30N2O3S/c1-3-19(18-9-8-15-6-4-5-7-17(15)14-18)21-20(23)16-10-12-22(13-11-16)26(2,24)25/h8-9,14,16,19H,3-7,10-13H2,1-2H3,(H,21,23). The summed E-state index contributed by atoms with van der Waals surface area (Å²) in [5, 5.41) is 3.21. The number of carbonyl (C=O) groups excluding carboxylic acids is 1. The van der Waals surface area contributed by atoms with Crippen LogP contribution in [0, 0.1) is 5.92 Å². The summed E-state index contributed by atoms with van der Waals surface area (Å²) in [7, 11) is -3.15. The van der Waals surface area contributed by atoms with Crippen molar-refractivity contribution >= 4 is 15.9 Å². The Hall–Kier alpha value is -1.40. The van der Waals surface area contributed by atoms with E-state index in [1.54, 1.807) is 0 Å². The Kier molecular flexibility index (Phi) is 6.03. The van der Waals surface area contributed by atoms with Crippen LogP contribution in [-0.2, 0) is 27.7 Å². The quantitative estimate of drug-likeness (QED) is 0.857. The first kappa shape index (κ1) is 19.4. The number of hydrogen-bond donors (Lipinski definition) is 1. The minimum Gasteiger partial charge on any atom is -0.349 e. The highest BCUT2D eigenvalue weighted by molar-refractivity contribution is 7.88. The molecule has 1 aliphatic carbocycles. The van der Waals surface area contributed by atoms with Gasteiger partial charge in [0, 0.05) is 19.0 Å². The number of rotatable bonds is 5. The molecule has 0 saturated carbocycles. The molecule has 1 N–H and O–H groups in total. The summed E-state index contributed by atoms with van der Waals surface area (Å²) in [5.74, 6) is -0.0394. The Morgan fingerprint density at radius 3 is 2.46 bits per heavy atom. The van der Waals surface area contributed by atoms with E-state index in [1.165, 1.54) is 40.1 Å². The maximum Gasteiger partial charge on any atom is 0.223 e. The van der Waals surface area contributed by atoms with E-state index in [0.717, 1.165) is 19.3 Å².